The number of carbonyl (C=O) groups is 1. The van der Waals surface area contributed by atoms with Gasteiger partial charge in [0.2, 0.25) is 5.91 Å². The van der Waals surface area contributed by atoms with E-state index in [4.69, 9.17) is 0 Å². The van der Waals surface area contributed by atoms with E-state index in [1.165, 1.54) is 17.3 Å². The van der Waals surface area contributed by atoms with Crippen LogP contribution in [0.4, 0.5) is 0 Å². The van der Waals surface area contributed by atoms with Crippen molar-refractivity contribution in [3.8, 4) is 11.4 Å². The monoisotopic (exact) mass is 394 g/mol. The average Bonchev–Trinajstić information content (AvgIpc) is 3.10. The third kappa shape index (κ3) is 5.23. The minimum atomic E-state index is 0.0155. The Labute approximate surface area is 170 Å². The second kappa shape index (κ2) is 9.55. The first-order chi connectivity index (χ1) is 13.5. The molecule has 2 aromatic carbocycles. The van der Waals surface area contributed by atoms with Crippen molar-refractivity contribution in [3.05, 3.63) is 66.2 Å². The lowest BCUT2D eigenvalue weighted by atomic mass is 10.1. The minimum absolute atomic E-state index is 0.0155. The van der Waals surface area contributed by atoms with E-state index in [2.05, 4.69) is 46.1 Å². The molecule has 0 spiro atoms. The van der Waals surface area contributed by atoms with Crippen molar-refractivity contribution in [1.29, 1.82) is 0 Å². The average molecular weight is 395 g/mol. The van der Waals surface area contributed by atoms with E-state index in [0.29, 0.717) is 18.2 Å². The summed E-state index contributed by atoms with van der Waals surface area (Å²) in [6, 6.07) is 20.4. The second-order valence-electron chi connectivity index (χ2n) is 7.13. The molecule has 0 saturated carbocycles. The molecule has 0 radical (unpaired) electrons. The summed E-state index contributed by atoms with van der Waals surface area (Å²) in [5.74, 6) is 1.55. The van der Waals surface area contributed by atoms with Crippen molar-refractivity contribution in [1.82, 2.24) is 20.1 Å². The Morgan fingerprint density at radius 2 is 1.64 bits per heavy atom. The molecule has 1 heterocycles. The Kier molecular flexibility index (Phi) is 6.87. The predicted molar refractivity (Wildman–Crippen MR) is 114 cm³/mol. The maximum absolute atomic E-state index is 12.3. The lowest BCUT2D eigenvalue weighted by Gasteiger charge is -2.17. The van der Waals surface area contributed by atoms with E-state index < -0.39 is 0 Å². The van der Waals surface area contributed by atoms with Crippen molar-refractivity contribution >= 4 is 17.7 Å². The van der Waals surface area contributed by atoms with Crippen LogP contribution in [0.25, 0.3) is 11.4 Å². The highest BCUT2D eigenvalue weighted by Crippen LogP contribution is 2.25. The van der Waals surface area contributed by atoms with Crippen LogP contribution in [0.2, 0.25) is 0 Å². The zero-order valence-corrected chi connectivity index (χ0v) is 17.3. The lowest BCUT2D eigenvalue weighted by Crippen LogP contribution is -2.37. The highest BCUT2D eigenvalue weighted by Gasteiger charge is 2.17. The van der Waals surface area contributed by atoms with Crippen LogP contribution in [0.5, 0.6) is 0 Å². The molecule has 3 rings (SSSR count). The normalized spacial score (nSPS) is 12.1. The van der Waals surface area contributed by atoms with Crippen LogP contribution in [-0.2, 0) is 11.3 Å². The number of aromatic nitrogens is 3. The van der Waals surface area contributed by atoms with Crippen molar-refractivity contribution in [2.45, 2.75) is 38.5 Å². The summed E-state index contributed by atoms with van der Waals surface area (Å²) in [5, 5.41) is 12.6. The third-order valence-electron chi connectivity index (χ3n) is 4.65. The Balaban J connectivity index is 1.80. The summed E-state index contributed by atoms with van der Waals surface area (Å²) in [6.45, 7) is 6.88. The minimum Gasteiger partial charge on any atom is -0.353 e. The van der Waals surface area contributed by atoms with Crippen molar-refractivity contribution in [3.63, 3.8) is 0 Å². The van der Waals surface area contributed by atoms with Crippen LogP contribution in [0, 0.1) is 5.92 Å². The zero-order chi connectivity index (χ0) is 19.9. The molecular formula is C22H26N4OS. The molecule has 1 unspecified atom stereocenters. The number of hydrogen-bond donors (Lipinski definition) is 1. The highest BCUT2D eigenvalue weighted by atomic mass is 32.2. The first kappa shape index (κ1) is 20.1. The van der Waals surface area contributed by atoms with Gasteiger partial charge in [0.05, 0.1) is 12.3 Å². The standard InChI is InChI=1S/C22H26N4OS/c1-16(2)17(3)23-20(27)15-28-22-25-24-21(19-12-8-5-9-13-19)26(22)14-18-10-6-4-7-11-18/h4-13,16-17H,14-15H2,1-3H3,(H,23,27). The number of nitrogens with zero attached hydrogens (tertiary/aromatic N) is 3. The molecule has 3 aromatic rings. The van der Waals surface area contributed by atoms with E-state index in [-0.39, 0.29) is 11.9 Å². The van der Waals surface area contributed by atoms with Gasteiger partial charge in [0.1, 0.15) is 0 Å². The maximum atomic E-state index is 12.3. The molecule has 146 valence electrons. The molecule has 1 atom stereocenters. The van der Waals surface area contributed by atoms with Crippen molar-refractivity contribution in [2.24, 2.45) is 5.92 Å². The second-order valence-corrected chi connectivity index (χ2v) is 8.08. The topological polar surface area (TPSA) is 59.8 Å². The van der Waals surface area contributed by atoms with Gasteiger partial charge in [-0.1, -0.05) is 86.3 Å². The maximum Gasteiger partial charge on any atom is 0.230 e. The summed E-state index contributed by atoms with van der Waals surface area (Å²) < 4.78 is 2.08. The van der Waals surface area contributed by atoms with Crippen molar-refractivity contribution in [2.75, 3.05) is 5.75 Å². The molecule has 1 N–H and O–H groups in total. The third-order valence-corrected chi connectivity index (χ3v) is 5.62. The van der Waals surface area contributed by atoms with Crippen molar-refractivity contribution < 1.29 is 4.79 Å². The fourth-order valence-corrected chi connectivity index (χ4v) is 3.45. The summed E-state index contributed by atoms with van der Waals surface area (Å²) in [4.78, 5) is 12.3. The largest absolute Gasteiger partial charge is 0.353 e. The molecule has 28 heavy (non-hydrogen) atoms. The Hall–Kier alpha value is -2.60. The Morgan fingerprint density at radius 1 is 1.00 bits per heavy atom. The number of thioether (sulfide) groups is 1. The van der Waals surface area contributed by atoms with Crippen LogP contribution in [-0.4, -0.2) is 32.5 Å². The SMILES string of the molecule is CC(C)C(C)NC(=O)CSc1nnc(-c2ccccc2)n1Cc1ccccc1. The summed E-state index contributed by atoms with van der Waals surface area (Å²) in [5.41, 5.74) is 2.18. The van der Waals surface area contributed by atoms with Gasteiger partial charge in [0.15, 0.2) is 11.0 Å². The van der Waals surface area contributed by atoms with Crippen LogP contribution < -0.4 is 5.32 Å². The first-order valence-corrected chi connectivity index (χ1v) is 10.5. The molecule has 6 heteroatoms. The van der Waals surface area contributed by atoms with Gasteiger partial charge in [-0.15, -0.1) is 10.2 Å². The molecule has 0 bridgehead atoms. The van der Waals surface area contributed by atoms with Crippen LogP contribution in [0.3, 0.4) is 0 Å². The molecule has 0 aliphatic carbocycles. The summed E-state index contributed by atoms with van der Waals surface area (Å²) in [7, 11) is 0. The first-order valence-electron chi connectivity index (χ1n) is 9.49. The quantitative estimate of drug-likeness (QED) is 0.581. The van der Waals surface area contributed by atoms with Gasteiger partial charge in [0.25, 0.3) is 0 Å². The van der Waals surface area contributed by atoms with Crippen LogP contribution >= 0.6 is 11.8 Å². The zero-order valence-electron chi connectivity index (χ0n) is 16.5. The molecule has 5 nitrogen and oxygen atoms in total. The molecule has 0 aliphatic heterocycles. The number of carbonyl (C=O) groups excluding carboxylic acids is 1. The van der Waals surface area contributed by atoms with Gasteiger partial charge >= 0.3 is 0 Å². The number of hydrogen-bond acceptors (Lipinski definition) is 4. The number of amides is 1. The van der Waals surface area contributed by atoms with Gasteiger partial charge in [-0.05, 0) is 18.4 Å². The van der Waals surface area contributed by atoms with E-state index >= 15 is 0 Å². The Bertz CT molecular complexity index is 893. The van der Waals surface area contributed by atoms with Gasteiger partial charge in [0, 0.05) is 11.6 Å². The van der Waals surface area contributed by atoms with Crippen LogP contribution in [0.15, 0.2) is 65.8 Å². The Morgan fingerprint density at radius 3 is 2.29 bits per heavy atom. The number of benzene rings is 2. The number of rotatable bonds is 8. The van der Waals surface area contributed by atoms with Crippen LogP contribution in [0.1, 0.15) is 26.3 Å². The lowest BCUT2D eigenvalue weighted by molar-refractivity contribution is -0.119. The molecule has 0 aliphatic rings. The highest BCUT2D eigenvalue weighted by molar-refractivity contribution is 7.99. The number of nitrogens with one attached hydrogen (secondary N) is 1. The smallest absolute Gasteiger partial charge is 0.230 e. The molecule has 1 amide bonds. The van der Waals surface area contributed by atoms with E-state index in [1.807, 2.05) is 55.5 Å². The fraction of sp³-hybridized carbons (Fsp3) is 0.318. The predicted octanol–water partition coefficient (Wildman–Crippen LogP) is 4.25. The molecule has 0 fully saturated rings. The van der Waals surface area contributed by atoms with Gasteiger partial charge in [-0.2, -0.15) is 0 Å². The van der Waals surface area contributed by atoms with E-state index in [9.17, 15) is 4.79 Å². The summed E-state index contributed by atoms with van der Waals surface area (Å²) in [6.07, 6.45) is 0. The van der Waals surface area contributed by atoms with E-state index in [0.717, 1.165) is 16.5 Å². The van der Waals surface area contributed by atoms with Gasteiger partial charge in [-0.25, -0.2) is 0 Å². The molecule has 1 aromatic heterocycles. The molecular weight excluding hydrogens is 368 g/mol. The molecule has 0 saturated heterocycles. The van der Waals surface area contributed by atoms with Gasteiger partial charge in [-0.3, -0.25) is 9.36 Å². The van der Waals surface area contributed by atoms with E-state index in [1.54, 1.807) is 0 Å². The summed E-state index contributed by atoms with van der Waals surface area (Å²) >= 11 is 1.42. The fourth-order valence-electron chi connectivity index (χ4n) is 2.70. The van der Waals surface area contributed by atoms with Gasteiger partial charge < -0.3 is 5.32 Å².